The Bertz CT molecular complexity index is 390. The summed E-state index contributed by atoms with van der Waals surface area (Å²) in [6.07, 6.45) is 0.278. The molecule has 0 saturated heterocycles. The van der Waals surface area contributed by atoms with Gasteiger partial charge < -0.3 is 10.5 Å². The van der Waals surface area contributed by atoms with Crippen LogP contribution in [0.3, 0.4) is 0 Å². The van der Waals surface area contributed by atoms with E-state index in [9.17, 15) is 14.0 Å². The summed E-state index contributed by atoms with van der Waals surface area (Å²) in [5, 5.41) is 0. The van der Waals surface area contributed by atoms with Crippen LogP contribution in [0.15, 0.2) is 12.1 Å². The first kappa shape index (κ1) is 10.2. The van der Waals surface area contributed by atoms with E-state index < -0.39 is 11.7 Å². The highest BCUT2D eigenvalue weighted by Crippen LogP contribution is 2.24. The van der Waals surface area contributed by atoms with Crippen molar-refractivity contribution in [3.63, 3.8) is 0 Å². The molecule has 0 aliphatic rings. The van der Waals surface area contributed by atoms with E-state index in [0.717, 1.165) is 6.07 Å². The highest BCUT2D eigenvalue weighted by Gasteiger charge is 2.16. The lowest BCUT2D eigenvalue weighted by atomic mass is 10.1. The lowest BCUT2D eigenvalue weighted by Gasteiger charge is -2.08. The summed E-state index contributed by atoms with van der Waals surface area (Å²) >= 11 is 0. The smallest absolute Gasteiger partial charge is 0.252 e. The number of hydrogen-bond donors (Lipinski definition) is 1. The van der Waals surface area contributed by atoms with Crippen molar-refractivity contribution in [1.29, 1.82) is 0 Å². The van der Waals surface area contributed by atoms with Crippen LogP contribution in [0.2, 0.25) is 0 Å². The third-order valence-corrected chi connectivity index (χ3v) is 1.73. The maximum atomic E-state index is 13.0. The molecule has 1 aromatic rings. The number of methoxy groups -OCH3 is 1. The average Bonchev–Trinajstić information content (AvgIpc) is 2.16. The number of hydrogen-bond acceptors (Lipinski definition) is 3. The first-order valence-electron chi connectivity index (χ1n) is 3.73. The number of primary amides is 1. The zero-order valence-electron chi connectivity index (χ0n) is 7.41. The first-order valence-corrected chi connectivity index (χ1v) is 3.73. The van der Waals surface area contributed by atoms with Crippen molar-refractivity contribution in [2.24, 2.45) is 5.73 Å². The fraction of sp³-hybridized carbons (Fsp3) is 0.111. The molecule has 0 heterocycles. The Hall–Kier alpha value is -1.91. The summed E-state index contributed by atoms with van der Waals surface area (Å²) in [6.45, 7) is 0. The van der Waals surface area contributed by atoms with Crippen molar-refractivity contribution >= 4 is 12.2 Å². The third-order valence-electron chi connectivity index (χ3n) is 1.73. The fourth-order valence-electron chi connectivity index (χ4n) is 1.10. The predicted octanol–water partition coefficient (Wildman–Crippen LogP) is 0.746. The van der Waals surface area contributed by atoms with Crippen molar-refractivity contribution in [1.82, 2.24) is 0 Å². The molecule has 0 aliphatic carbocycles. The van der Waals surface area contributed by atoms with Gasteiger partial charge in [-0.3, -0.25) is 9.59 Å². The van der Waals surface area contributed by atoms with Gasteiger partial charge in [-0.1, -0.05) is 0 Å². The molecule has 0 fully saturated rings. The molecule has 1 amide bonds. The van der Waals surface area contributed by atoms with Gasteiger partial charge in [0.15, 0.2) is 6.29 Å². The highest BCUT2D eigenvalue weighted by molar-refractivity contribution is 5.98. The van der Waals surface area contributed by atoms with Gasteiger partial charge in [0, 0.05) is 0 Å². The second-order valence-electron chi connectivity index (χ2n) is 2.52. The molecule has 74 valence electrons. The minimum absolute atomic E-state index is 0.0176. The van der Waals surface area contributed by atoms with Crippen LogP contribution in [-0.2, 0) is 0 Å². The summed E-state index contributed by atoms with van der Waals surface area (Å²) in [7, 11) is 1.23. The lowest BCUT2D eigenvalue weighted by Crippen LogP contribution is -2.14. The Labute approximate surface area is 79.5 Å². The standard InChI is InChI=1S/C9H8FNO3/c1-14-8-5(9(11)13)2-3-7(10)6(8)4-12/h2-4H,1H3,(H2,11,13). The zero-order chi connectivity index (χ0) is 10.7. The molecular weight excluding hydrogens is 189 g/mol. The number of carbonyl (C=O) groups excluding carboxylic acids is 2. The maximum Gasteiger partial charge on any atom is 0.252 e. The van der Waals surface area contributed by atoms with E-state index in [4.69, 9.17) is 10.5 Å². The number of halogens is 1. The van der Waals surface area contributed by atoms with Crippen molar-refractivity contribution < 1.29 is 18.7 Å². The van der Waals surface area contributed by atoms with E-state index in [0.29, 0.717) is 0 Å². The zero-order valence-corrected chi connectivity index (χ0v) is 7.41. The number of nitrogens with two attached hydrogens (primary N) is 1. The average molecular weight is 197 g/mol. The molecule has 0 unspecified atom stereocenters. The molecule has 0 spiro atoms. The Balaban J connectivity index is 3.48. The van der Waals surface area contributed by atoms with E-state index in [2.05, 4.69) is 0 Å². The van der Waals surface area contributed by atoms with Crippen LogP contribution in [0, 0.1) is 5.82 Å². The van der Waals surface area contributed by atoms with E-state index in [1.54, 1.807) is 0 Å². The third kappa shape index (κ3) is 1.56. The van der Waals surface area contributed by atoms with E-state index in [1.807, 2.05) is 0 Å². The molecule has 0 aromatic heterocycles. The fourth-order valence-corrected chi connectivity index (χ4v) is 1.10. The van der Waals surface area contributed by atoms with Crippen LogP contribution >= 0.6 is 0 Å². The van der Waals surface area contributed by atoms with Gasteiger partial charge in [-0.05, 0) is 12.1 Å². The van der Waals surface area contributed by atoms with Crippen LogP contribution in [0.1, 0.15) is 20.7 Å². The molecular formula is C9H8FNO3. The number of amides is 1. The van der Waals surface area contributed by atoms with Crippen molar-refractivity contribution in [3.05, 3.63) is 29.1 Å². The predicted molar refractivity (Wildman–Crippen MR) is 46.9 cm³/mol. The minimum Gasteiger partial charge on any atom is -0.495 e. The van der Waals surface area contributed by atoms with Crippen molar-refractivity contribution in [2.45, 2.75) is 0 Å². The Morgan fingerprint density at radius 2 is 2.21 bits per heavy atom. The summed E-state index contributed by atoms with van der Waals surface area (Å²) in [6, 6.07) is 2.16. The summed E-state index contributed by atoms with van der Waals surface area (Å²) in [5.74, 6) is -1.65. The molecule has 0 radical (unpaired) electrons. The largest absolute Gasteiger partial charge is 0.495 e. The van der Waals surface area contributed by atoms with Gasteiger partial charge >= 0.3 is 0 Å². The van der Waals surface area contributed by atoms with E-state index in [1.165, 1.54) is 13.2 Å². The van der Waals surface area contributed by atoms with Gasteiger partial charge in [0.1, 0.15) is 11.6 Å². The maximum absolute atomic E-state index is 13.0. The number of benzene rings is 1. The SMILES string of the molecule is COc1c(C(N)=O)ccc(F)c1C=O. The van der Waals surface area contributed by atoms with Crippen LogP contribution in [0.4, 0.5) is 4.39 Å². The molecule has 5 heteroatoms. The van der Waals surface area contributed by atoms with Gasteiger partial charge in [-0.25, -0.2) is 4.39 Å². The van der Waals surface area contributed by atoms with E-state index in [-0.39, 0.29) is 23.2 Å². The number of aldehydes is 1. The summed E-state index contributed by atoms with van der Waals surface area (Å²) in [5.41, 5.74) is 4.69. The van der Waals surface area contributed by atoms with Gasteiger partial charge in [0.2, 0.25) is 0 Å². The molecule has 0 aliphatic heterocycles. The Morgan fingerprint density at radius 1 is 1.57 bits per heavy atom. The highest BCUT2D eigenvalue weighted by atomic mass is 19.1. The van der Waals surface area contributed by atoms with Crippen LogP contribution in [0.25, 0.3) is 0 Å². The monoisotopic (exact) mass is 197 g/mol. The van der Waals surface area contributed by atoms with Crippen molar-refractivity contribution in [2.75, 3.05) is 7.11 Å². The Morgan fingerprint density at radius 3 is 2.64 bits per heavy atom. The van der Waals surface area contributed by atoms with Crippen LogP contribution < -0.4 is 10.5 Å². The molecule has 0 atom stereocenters. The lowest BCUT2D eigenvalue weighted by molar-refractivity contribution is 0.0997. The molecule has 4 nitrogen and oxygen atoms in total. The van der Waals surface area contributed by atoms with Crippen LogP contribution in [-0.4, -0.2) is 19.3 Å². The summed E-state index contributed by atoms with van der Waals surface area (Å²) < 4.78 is 17.8. The molecule has 14 heavy (non-hydrogen) atoms. The van der Waals surface area contributed by atoms with Gasteiger partial charge in [-0.15, -0.1) is 0 Å². The van der Waals surface area contributed by atoms with Gasteiger partial charge in [0.25, 0.3) is 5.91 Å². The quantitative estimate of drug-likeness (QED) is 0.726. The molecule has 0 bridgehead atoms. The number of carbonyl (C=O) groups is 2. The normalized spacial score (nSPS) is 9.57. The Kier molecular flexibility index (Phi) is 2.81. The van der Waals surface area contributed by atoms with Gasteiger partial charge in [-0.2, -0.15) is 0 Å². The molecule has 0 saturated carbocycles. The number of ether oxygens (including phenoxy) is 1. The summed E-state index contributed by atoms with van der Waals surface area (Å²) in [4.78, 5) is 21.4. The topological polar surface area (TPSA) is 69.4 Å². The van der Waals surface area contributed by atoms with Crippen LogP contribution in [0.5, 0.6) is 5.75 Å². The molecule has 2 N–H and O–H groups in total. The molecule has 1 aromatic carbocycles. The van der Waals surface area contributed by atoms with Gasteiger partial charge in [0.05, 0.1) is 18.2 Å². The first-order chi connectivity index (χ1) is 6.61. The minimum atomic E-state index is -0.773. The number of rotatable bonds is 3. The van der Waals surface area contributed by atoms with E-state index >= 15 is 0 Å². The second-order valence-corrected chi connectivity index (χ2v) is 2.52. The van der Waals surface area contributed by atoms with Crippen molar-refractivity contribution in [3.8, 4) is 5.75 Å². The molecule has 1 rings (SSSR count). The second kappa shape index (κ2) is 3.87.